The summed E-state index contributed by atoms with van der Waals surface area (Å²) in [5.41, 5.74) is 1.97. The molecule has 0 fully saturated rings. The molecule has 0 amide bonds. The summed E-state index contributed by atoms with van der Waals surface area (Å²) < 4.78 is 13.2. The highest BCUT2D eigenvalue weighted by Crippen LogP contribution is 2.22. The first-order chi connectivity index (χ1) is 8.04. The van der Waals surface area contributed by atoms with Crippen LogP contribution in [0.25, 0.3) is 0 Å². The highest BCUT2D eigenvalue weighted by Gasteiger charge is 2.11. The quantitative estimate of drug-likeness (QED) is 0.788. The Morgan fingerprint density at radius 1 is 1.29 bits per heavy atom. The highest BCUT2D eigenvalue weighted by molar-refractivity contribution is 5.26. The van der Waals surface area contributed by atoms with Crippen molar-refractivity contribution in [1.29, 1.82) is 0 Å². The van der Waals surface area contributed by atoms with Crippen molar-refractivity contribution in [1.82, 2.24) is 5.32 Å². The second-order valence-corrected chi connectivity index (χ2v) is 5.00. The van der Waals surface area contributed by atoms with Crippen molar-refractivity contribution in [3.63, 3.8) is 0 Å². The molecule has 1 aromatic carbocycles. The van der Waals surface area contributed by atoms with Gasteiger partial charge in [-0.25, -0.2) is 4.39 Å². The lowest BCUT2D eigenvalue weighted by molar-refractivity contribution is 0.478. The van der Waals surface area contributed by atoms with Crippen LogP contribution in [0.2, 0.25) is 0 Å². The Labute approximate surface area is 104 Å². The average Bonchev–Trinajstić information content (AvgIpc) is 2.30. The van der Waals surface area contributed by atoms with E-state index < -0.39 is 0 Å². The normalized spacial score (nSPS) is 14.6. The summed E-state index contributed by atoms with van der Waals surface area (Å²) in [7, 11) is 0. The number of halogens is 1. The van der Waals surface area contributed by atoms with Crippen LogP contribution in [-0.4, -0.2) is 12.6 Å². The van der Waals surface area contributed by atoms with Crippen LogP contribution in [0, 0.1) is 12.7 Å². The number of benzene rings is 1. The van der Waals surface area contributed by atoms with E-state index in [9.17, 15) is 4.39 Å². The van der Waals surface area contributed by atoms with E-state index in [0.29, 0.717) is 12.0 Å². The van der Waals surface area contributed by atoms with E-state index in [2.05, 4.69) is 26.1 Å². The number of rotatable bonds is 6. The average molecular weight is 237 g/mol. The van der Waals surface area contributed by atoms with Gasteiger partial charge in [-0.05, 0) is 56.3 Å². The molecule has 0 aromatic heterocycles. The zero-order chi connectivity index (χ0) is 12.8. The van der Waals surface area contributed by atoms with Gasteiger partial charge in [-0.15, -0.1) is 0 Å². The molecule has 1 N–H and O–H groups in total. The van der Waals surface area contributed by atoms with Gasteiger partial charge in [-0.3, -0.25) is 0 Å². The lowest BCUT2D eigenvalue weighted by Crippen LogP contribution is -2.28. The minimum absolute atomic E-state index is 0.113. The molecular weight excluding hydrogens is 213 g/mol. The minimum atomic E-state index is -0.113. The Kier molecular flexibility index (Phi) is 5.63. The molecule has 0 saturated carbocycles. The van der Waals surface area contributed by atoms with Gasteiger partial charge < -0.3 is 5.32 Å². The van der Waals surface area contributed by atoms with Gasteiger partial charge in [0, 0.05) is 6.04 Å². The van der Waals surface area contributed by atoms with Crippen molar-refractivity contribution >= 4 is 0 Å². The Bertz CT molecular complexity index is 349. The maximum Gasteiger partial charge on any atom is 0.126 e. The molecule has 2 atom stereocenters. The van der Waals surface area contributed by atoms with Crippen LogP contribution in [-0.2, 0) is 0 Å². The number of aryl methyl sites for hydroxylation is 1. The van der Waals surface area contributed by atoms with Crippen molar-refractivity contribution in [2.24, 2.45) is 0 Å². The molecule has 2 unspecified atom stereocenters. The van der Waals surface area contributed by atoms with Gasteiger partial charge in [0.05, 0.1) is 0 Å². The summed E-state index contributed by atoms with van der Waals surface area (Å²) in [4.78, 5) is 0. The second kappa shape index (κ2) is 6.75. The maximum atomic E-state index is 13.2. The SMILES string of the molecule is CCCNC(C)CC(C)c1ccc(F)c(C)c1. The Balaban J connectivity index is 2.57. The van der Waals surface area contributed by atoms with E-state index in [1.165, 1.54) is 5.56 Å². The minimum Gasteiger partial charge on any atom is -0.314 e. The second-order valence-electron chi connectivity index (χ2n) is 5.00. The van der Waals surface area contributed by atoms with Crippen molar-refractivity contribution in [2.45, 2.75) is 52.5 Å². The van der Waals surface area contributed by atoms with Crippen LogP contribution < -0.4 is 5.32 Å². The molecule has 1 rings (SSSR count). The van der Waals surface area contributed by atoms with Gasteiger partial charge in [-0.1, -0.05) is 26.0 Å². The molecule has 1 nitrogen and oxygen atoms in total. The monoisotopic (exact) mass is 237 g/mol. The molecule has 2 heteroatoms. The molecule has 0 spiro atoms. The molecule has 0 saturated heterocycles. The van der Waals surface area contributed by atoms with E-state index in [4.69, 9.17) is 0 Å². The molecule has 96 valence electrons. The first kappa shape index (κ1) is 14.2. The molecule has 0 aliphatic rings. The van der Waals surface area contributed by atoms with Gasteiger partial charge in [-0.2, -0.15) is 0 Å². The van der Waals surface area contributed by atoms with Gasteiger partial charge >= 0.3 is 0 Å². The zero-order valence-corrected chi connectivity index (χ0v) is 11.4. The lowest BCUT2D eigenvalue weighted by Gasteiger charge is -2.19. The molecule has 0 bridgehead atoms. The summed E-state index contributed by atoms with van der Waals surface area (Å²) in [6.07, 6.45) is 2.25. The molecule has 17 heavy (non-hydrogen) atoms. The summed E-state index contributed by atoms with van der Waals surface area (Å²) >= 11 is 0. The molecular formula is C15H24FN. The van der Waals surface area contributed by atoms with Gasteiger partial charge in [0.2, 0.25) is 0 Å². The standard InChI is InChI=1S/C15H24FN/c1-5-8-17-13(4)9-11(2)14-6-7-15(16)12(3)10-14/h6-7,10-11,13,17H,5,8-9H2,1-4H3. The van der Waals surface area contributed by atoms with Crippen molar-refractivity contribution in [3.05, 3.63) is 35.1 Å². The van der Waals surface area contributed by atoms with Gasteiger partial charge in [0.25, 0.3) is 0 Å². The number of hydrogen-bond acceptors (Lipinski definition) is 1. The third-order valence-corrected chi connectivity index (χ3v) is 3.20. The zero-order valence-electron chi connectivity index (χ0n) is 11.4. The van der Waals surface area contributed by atoms with Crippen LogP contribution in [0.15, 0.2) is 18.2 Å². The molecule has 0 heterocycles. The Morgan fingerprint density at radius 2 is 2.00 bits per heavy atom. The summed E-state index contributed by atoms with van der Waals surface area (Å²) in [5.74, 6) is 0.353. The van der Waals surface area contributed by atoms with Crippen molar-refractivity contribution < 1.29 is 4.39 Å². The summed E-state index contributed by atoms with van der Waals surface area (Å²) in [5, 5.41) is 3.48. The molecule has 0 aliphatic heterocycles. The van der Waals surface area contributed by atoms with Crippen LogP contribution in [0.4, 0.5) is 4.39 Å². The van der Waals surface area contributed by atoms with Crippen molar-refractivity contribution in [2.75, 3.05) is 6.54 Å². The van der Waals surface area contributed by atoms with Crippen LogP contribution in [0.3, 0.4) is 0 Å². The third-order valence-electron chi connectivity index (χ3n) is 3.20. The lowest BCUT2D eigenvalue weighted by atomic mass is 9.93. The van der Waals surface area contributed by atoms with E-state index in [1.807, 2.05) is 19.1 Å². The van der Waals surface area contributed by atoms with Gasteiger partial charge in [0.15, 0.2) is 0 Å². The first-order valence-electron chi connectivity index (χ1n) is 6.54. The van der Waals surface area contributed by atoms with Crippen LogP contribution in [0.1, 0.15) is 50.7 Å². The smallest absolute Gasteiger partial charge is 0.126 e. The van der Waals surface area contributed by atoms with Crippen LogP contribution in [0.5, 0.6) is 0 Å². The largest absolute Gasteiger partial charge is 0.314 e. The Hall–Kier alpha value is -0.890. The van der Waals surface area contributed by atoms with E-state index in [-0.39, 0.29) is 5.82 Å². The van der Waals surface area contributed by atoms with Crippen molar-refractivity contribution in [3.8, 4) is 0 Å². The fourth-order valence-corrected chi connectivity index (χ4v) is 2.11. The summed E-state index contributed by atoms with van der Waals surface area (Å²) in [6.45, 7) is 9.48. The Morgan fingerprint density at radius 3 is 2.59 bits per heavy atom. The summed E-state index contributed by atoms with van der Waals surface area (Å²) in [6, 6.07) is 5.95. The number of nitrogens with one attached hydrogen (secondary N) is 1. The molecule has 0 aliphatic carbocycles. The highest BCUT2D eigenvalue weighted by atomic mass is 19.1. The predicted octanol–water partition coefficient (Wildman–Crippen LogP) is 4.02. The fraction of sp³-hybridized carbons (Fsp3) is 0.600. The first-order valence-corrected chi connectivity index (χ1v) is 6.54. The fourth-order valence-electron chi connectivity index (χ4n) is 2.11. The van der Waals surface area contributed by atoms with E-state index >= 15 is 0 Å². The van der Waals surface area contributed by atoms with Gasteiger partial charge in [0.1, 0.15) is 5.82 Å². The number of hydrogen-bond donors (Lipinski definition) is 1. The van der Waals surface area contributed by atoms with Crippen LogP contribution >= 0.6 is 0 Å². The maximum absolute atomic E-state index is 13.2. The molecule has 1 aromatic rings. The van der Waals surface area contributed by atoms with E-state index in [1.54, 1.807) is 6.07 Å². The predicted molar refractivity (Wildman–Crippen MR) is 71.9 cm³/mol. The third kappa shape index (κ3) is 4.47. The topological polar surface area (TPSA) is 12.0 Å². The molecule has 0 radical (unpaired) electrons. The van der Waals surface area contributed by atoms with E-state index in [0.717, 1.165) is 24.9 Å².